The lowest BCUT2D eigenvalue weighted by molar-refractivity contribution is -0.00518. The third-order valence-corrected chi connectivity index (χ3v) is 15.9. The minimum atomic E-state index is 0.163. The highest BCUT2D eigenvalue weighted by molar-refractivity contribution is 7.25. The first-order chi connectivity index (χ1) is 29.6. The van der Waals surface area contributed by atoms with Crippen LogP contribution < -0.4 is 4.74 Å². The largest absolute Gasteiger partial charge is 0.456 e. The highest BCUT2D eigenvalue weighted by Crippen LogP contribution is 2.61. The fourth-order valence-corrected chi connectivity index (χ4v) is 13.5. The molecule has 0 N–H and O–H groups in total. The van der Waals surface area contributed by atoms with E-state index in [1.165, 1.54) is 81.0 Å². The zero-order valence-corrected chi connectivity index (χ0v) is 34.2. The summed E-state index contributed by atoms with van der Waals surface area (Å²) in [7, 11) is 0. The first-order valence-electron chi connectivity index (χ1n) is 21.9. The third kappa shape index (κ3) is 5.60. The van der Waals surface area contributed by atoms with Gasteiger partial charge in [-0.05, 0) is 127 Å². The highest BCUT2D eigenvalue weighted by Gasteiger charge is 2.51. The van der Waals surface area contributed by atoms with Gasteiger partial charge in [0.25, 0.3) is 0 Å². The Morgan fingerprint density at radius 3 is 1.93 bits per heavy atom. The maximum absolute atomic E-state index is 6.91. The van der Waals surface area contributed by atoms with E-state index in [1.807, 2.05) is 11.3 Å². The number of benzene rings is 6. The van der Waals surface area contributed by atoms with Crippen molar-refractivity contribution >= 4 is 31.5 Å². The normalized spacial score (nSPS) is 24.5. The molecule has 3 nitrogen and oxygen atoms in total. The van der Waals surface area contributed by atoms with Crippen LogP contribution in [0.15, 0.2) is 164 Å². The summed E-state index contributed by atoms with van der Waals surface area (Å²) >= 11 is 1.85. The number of hydrogen-bond donors (Lipinski definition) is 0. The predicted molar refractivity (Wildman–Crippen MR) is 247 cm³/mol. The van der Waals surface area contributed by atoms with Crippen LogP contribution in [0.1, 0.15) is 67.1 Å². The fourth-order valence-electron chi connectivity index (χ4n) is 12.4. The molecule has 0 radical (unpaired) electrons. The van der Waals surface area contributed by atoms with Crippen LogP contribution in [-0.2, 0) is 5.41 Å². The second-order valence-electron chi connectivity index (χ2n) is 18.3. The first kappa shape index (κ1) is 34.7. The molecule has 6 aliphatic rings. The van der Waals surface area contributed by atoms with Gasteiger partial charge in [0.05, 0.1) is 11.4 Å². The van der Waals surface area contributed by atoms with E-state index in [4.69, 9.17) is 14.7 Å². The summed E-state index contributed by atoms with van der Waals surface area (Å²) in [5.74, 6) is 5.51. The molecule has 0 amide bonds. The van der Waals surface area contributed by atoms with Gasteiger partial charge in [0.2, 0.25) is 0 Å². The number of allylic oxidation sites excluding steroid dienone is 4. The van der Waals surface area contributed by atoms with Crippen molar-refractivity contribution in [3.05, 3.63) is 181 Å². The molecule has 4 saturated carbocycles. The molecule has 3 heterocycles. The van der Waals surface area contributed by atoms with Crippen LogP contribution in [0.5, 0.6) is 11.5 Å². The van der Waals surface area contributed by atoms with Crippen molar-refractivity contribution in [3.8, 4) is 56.5 Å². The van der Waals surface area contributed by atoms with Crippen molar-refractivity contribution in [1.29, 1.82) is 0 Å². The van der Waals surface area contributed by atoms with Crippen LogP contribution in [-0.4, -0.2) is 9.97 Å². The quantitative estimate of drug-likeness (QED) is 0.178. The van der Waals surface area contributed by atoms with Gasteiger partial charge in [-0.1, -0.05) is 115 Å². The first-order valence-corrected chi connectivity index (χ1v) is 22.7. The molecule has 8 aromatic rings. The van der Waals surface area contributed by atoms with Crippen LogP contribution in [0.25, 0.3) is 65.2 Å². The fraction of sp³-hybridized carbons (Fsp3) is 0.214. The summed E-state index contributed by atoms with van der Waals surface area (Å²) in [6, 6.07) is 51.2. The Kier molecular flexibility index (Phi) is 7.79. The number of aromatic nitrogens is 2. The molecule has 4 fully saturated rings. The van der Waals surface area contributed by atoms with E-state index in [1.54, 1.807) is 0 Å². The Labute approximate surface area is 355 Å². The van der Waals surface area contributed by atoms with Crippen molar-refractivity contribution in [3.63, 3.8) is 0 Å². The minimum absolute atomic E-state index is 0.163. The second kappa shape index (κ2) is 13.5. The van der Waals surface area contributed by atoms with Gasteiger partial charge in [0.15, 0.2) is 5.82 Å². The smallest absolute Gasteiger partial charge is 0.160 e. The molecular weight excluding hydrogens is 749 g/mol. The number of thiophene rings is 1. The molecule has 2 aromatic heterocycles. The Morgan fingerprint density at radius 2 is 1.13 bits per heavy atom. The molecule has 60 heavy (non-hydrogen) atoms. The molecule has 2 unspecified atom stereocenters. The van der Waals surface area contributed by atoms with Gasteiger partial charge in [-0.3, -0.25) is 0 Å². The monoisotopic (exact) mass is 792 g/mol. The van der Waals surface area contributed by atoms with E-state index < -0.39 is 0 Å². The summed E-state index contributed by atoms with van der Waals surface area (Å²) in [4.78, 5) is 10.8. The van der Waals surface area contributed by atoms with Crippen molar-refractivity contribution in [1.82, 2.24) is 9.97 Å². The summed E-state index contributed by atoms with van der Waals surface area (Å²) < 4.78 is 9.51. The molecule has 4 heteroatoms. The molecule has 1 aliphatic heterocycles. The summed E-state index contributed by atoms with van der Waals surface area (Å²) in [5.41, 5.74) is 11.6. The molecule has 0 saturated heterocycles. The lowest BCUT2D eigenvalue weighted by Gasteiger charge is -2.57. The van der Waals surface area contributed by atoms with Gasteiger partial charge < -0.3 is 4.74 Å². The van der Waals surface area contributed by atoms with Gasteiger partial charge in [0, 0.05) is 59.8 Å². The third-order valence-electron chi connectivity index (χ3n) is 14.7. The van der Waals surface area contributed by atoms with Crippen molar-refractivity contribution in [2.24, 2.45) is 17.8 Å². The van der Waals surface area contributed by atoms with Crippen LogP contribution in [0.4, 0.5) is 0 Å². The lowest BCUT2D eigenvalue weighted by Crippen LogP contribution is -2.48. The Bertz CT molecular complexity index is 3040. The molecular formula is C56H44N2OS. The molecule has 14 rings (SSSR count). The van der Waals surface area contributed by atoms with Crippen LogP contribution in [0, 0.1) is 17.8 Å². The number of fused-ring (bicyclic) bond motifs is 10. The summed E-state index contributed by atoms with van der Waals surface area (Å²) in [5, 5.41) is 2.56. The lowest BCUT2D eigenvalue weighted by atomic mass is 9.48. The standard InChI is InChI=1S/C56H44N2OS/c1-3-11-43-41(9-1)42-10-2-4-12-44(42)47-29-39(19-23-52(47)59-51-15-7-5-13-45(43)51)55-57-49(30-50(58-55)38-20-24-54-48(28-38)46-14-6-8-16-53(46)60-54)37-17-21-40(22-18-37)56-31-34-25-35(32-56)27-36(26-34)33-56/h1-24,28-30,34-36,41,43H,25-27,31-33H2/t34-,35+,36?,41?,43?,56?. The van der Waals surface area contributed by atoms with E-state index in [-0.39, 0.29) is 11.8 Å². The zero-order chi connectivity index (χ0) is 39.4. The van der Waals surface area contributed by atoms with Gasteiger partial charge >= 0.3 is 0 Å². The van der Waals surface area contributed by atoms with Gasteiger partial charge in [0.1, 0.15) is 11.5 Å². The molecule has 4 bridgehead atoms. The van der Waals surface area contributed by atoms with E-state index in [9.17, 15) is 0 Å². The molecule has 0 spiro atoms. The Balaban J connectivity index is 0.968. The second-order valence-corrected chi connectivity index (χ2v) is 19.4. The molecule has 5 aliphatic carbocycles. The number of hydrogen-bond acceptors (Lipinski definition) is 4. The van der Waals surface area contributed by atoms with E-state index in [2.05, 4.69) is 164 Å². The van der Waals surface area contributed by atoms with Crippen molar-refractivity contribution < 1.29 is 4.74 Å². The number of rotatable bonds is 4. The molecule has 2 atom stereocenters. The van der Waals surface area contributed by atoms with Crippen LogP contribution in [0.3, 0.4) is 0 Å². The topological polar surface area (TPSA) is 35.0 Å². The van der Waals surface area contributed by atoms with Crippen molar-refractivity contribution in [2.45, 2.75) is 55.8 Å². The van der Waals surface area contributed by atoms with Crippen LogP contribution in [0.2, 0.25) is 0 Å². The number of ether oxygens (including phenoxy) is 1. The number of nitrogens with zero attached hydrogens (tertiary/aromatic N) is 2. The van der Waals surface area contributed by atoms with Crippen molar-refractivity contribution in [2.75, 3.05) is 0 Å². The maximum atomic E-state index is 6.91. The van der Waals surface area contributed by atoms with Crippen LogP contribution >= 0.6 is 11.3 Å². The molecule has 290 valence electrons. The number of para-hydroxylation sites is 1. The summed E-state index contributed by atoms with van der Waals surface area (Å²) in [6.45, 7) is 0. The average molecular weight is 793 g/mol. The molecule has 6 aromatic carbocycles. The highest BCUT2D eigenvalue weighted by atomic mass is 32.1. The Morgan fingerprint density at radius 1 is 0.500 bits per heavy atom. The summed E-state index contributed by atoms with van der Waals surface area (Å²) in [6.07, 6.45) is 17.5. The van der Waals surface area contributed by atoms with E-state index in [0.29, 0.717) is 11.2 Å². The predicted octanol–water partition coefficient (Wildman–Crippen LogP) is 15.1. The van der Waals surface area contributed by atoms with Gasteiger partial charge in [-0.25, -0.2) is 9.97 Å². The van der Waals surface area contributed by atoms with Gasteiger partial charge in [-0.15, -0.1) is 11.3 Å². The minimum Gasteiger partial charge on any atom is -0.456 e. The maximum Gasteiger partial charge on any atom is 0.160 e. The zero-order valence-electron chi connectivity index (χ0n) is 33.4. The van der Waals surface area contributed by atoms with Gasteiger partial charge in [-0.2, -0.15) is 0 Å². The van der Waals surface area contributed by atoms with E-state index in [0.717, 1.165) is 62.9 Å². The SMILES string of the molecule is C1=CC2c3ccccc3Oc3ccc(-c4nc(-c5ccc(C67CC8C[C@H](C6)C[C@@H](C8)C7)cc5)cc(-c5ccc6sc7ccccc7c6c5)n4)cc3-c3ccccc3C2C=C1. The Hall–Kier alpha value is -6.10. The average Bonchev–Trinajstić information content (AvgIpc) is 3.68. The van der Waals surface area contributed by atoms with E-state index >= 15 is 0 Å².